The summed E-state index contributed by atoms with van der Waals surface area (Å²) >= 11 is 0. The van der Waals surface area contributed by atoms with E-state index < -0.39 is 0 Å². The molecule has 5 heteroatoms. The summed E-state index contributed by atoms with van der Waals surface area (Å²) in [7, 11) is 1.87. The van der Waals surface area contributed by atoms with Crippen molar-refractivity contribution in [3.63, 3.8) is 0 Å². The highest BCUT2D eigenvalue weighted by molar-refractivity contribution is 5.20. The topological polar surface area (TPSA) is 42.7 Å². The van der Waals surface area contributed by atoms with Gasteiger partial charge in [0.25, 0.3) is 0 Å². The van der Waals surface area contributed by atoms with Crippen molar-refractivity contribution in [2.24, 2.45) is 7.05 Å². The predicted octanol–water partition coefficient (Wildman–Crippen LogP) is 1.85. The van der Waals surface area contributed by atoms with Crippen molar-refractivity contribution in [1.29, 1.82) is 0 Å². The Morgan fingerprint density at radius 3 is 2.89 bits per heavy atom. The van der Waals surface area contributed by atoms with Crippen LogP contribution in [0.3, 0.4) is 0 Å². The van der Waals surface area contributed by atoms with Gasteiger partial charge in [-0.3, -0.25) is 9.67 Å². The van der Waals surface area contributed by atoms with Gasteiger partial charge < -0.3 is 5.32 Å². The third-order valence-corrected chi connectivity index (χ3v) is 2.83. The van der Waals surface area contributed by atoms with Gasteiger partial charge >= 0.3 is 0 Å². The van der Waals surface area contributed by atoms with Gasteiger partial charge in [0.2, 0.25) is 0 Å². The van der Waals surface area contributed by atoms with Crippen LogP contribution in [0.1, 0.15) is 24.1 Å². The van der Waals surface area contributed by atoms with Crippen molar-refractivity contribution in [1.82, 2.24) is 20.1 Å². The predicted molar refractivity (Wildman–Crippen MR) is 67.5 cm³/mol. The number of aryl methyl sites for hydroxylation is 1. The number of hydrogen-bond acceptors (Lipinski definition) is 3. The molecule has 2 rings (SSSR count). The van der Waals surface area contributed by atoms with E-state index in [0.29, 0.717) is 12.0 Å². The van der Waals surface area contributed by atoms with Gasteiger partial charge in [0.05, 0.1) is 12.4 Å². The van der Waals surface area contributed by atoms with Gasteiger partial charge in [-0.2, -0.15) is 5.10 Å². The lowest BCUT2D eigenvalue weighted by atomic mass is 10.0. The number of nitrogens with one attached hydrogen (secondary N) is 1. The fourth-order valence-electron chi connectivity index (χ4n) is 2.02. The first kappa shape index (κ1) is 12.7. The molecule has 1 atom stereocenters. The van der Waals surface area contributed by atoms with Crippen molar-refractivity contribution >= 4 is 0 Å². The highest BCUT2D eigenvalue weighted by atomic mass is 19.1. The van der Waals surface area contributed by atoms with Gasteiger partial charge in [0.1, 0.15) is 5.82 Å². The molecule has 0 fully saturated rings. The number of likely N-dealkylation sites (N-methyl/N-ethyl adjacent to an activating group) is 1. The third kappa shape index (κ3) is 2.92. The molecule has 0 aromatic carbocycles. The molecule has 0 spiro atoms. The Balaban J connectivity index is 2.20. The molecule has 18 heavy (non-hydrogen) atoms. The Bertz CT molecular complexity index is 509. The summed E-state index contributed by atoms with van der Waals surface area (Å²) in [6.07, 6.45) is 7.34. The summed E-state index contributed by atoms with van der Waals surface area (Å²) < 4.78 is 15.5. The Labute approximate surface area is 106 Å². The molecule has 2 aromatic heterocycles. The van der Waals surface area contributed by atoms with E-state index in [-0.39, 0.29) is 11.9 Å². The van der Waals surface area contributed by atoms with E-state index in [0.717, 1.165) is 12.1 Å². The summed E-state index contributed by atoms with van der Waals surface area (Å²) in [6.45, 7) is 2.79. The molecule has 1 unspecified atom stereocenters. The molecule has 0 saturated heterocycles. The van der Waals surface area contributed by atoms with Gasteiger partial charge in [-0.05, 0) is 24.6 Å². The molecule has 0 amide bonds. The molecule has 0 radical (unpaired) electrons. The van der Waals surface area contributed by atoms with Gasteiger partial charge in [-0.25, -0.2) is 4.39 Å². The number of aromatic nitrogens is 3. The first-order valence-corrected chi connectivity index (χ1v) is 6.01. The van der Waals surface area contributed by atoms with E-state index in [9.17, 15) is 4.39 Å². The van der Waals surface area contributed by atoms with Crippen LogP contribution < -0.4 is 5.32 Å². The molecule has 0 saturated carbocycles. The highest BCUT2D eigenvalue weighted by Gasteiger charge is 2.15. The van der Waals surface area contributed by atoms with Gasteiger partial charge in [-0.15, -0.1) is 0 Å². The van der Waals surface area contributed by atoms with Crippen molar-refractivity contribution < 1.29 is 4.39 Å². The molecule has 2 aromatic rings. The van der Waals surface area contributed by atoms with Gasteiger partial charge in [0, 0.05) is 31.0 Å². The molecule has 0 aliphatic heterocycles. The van der Waals surface area contributed by atoms with Gasteiger partial charge in [0.15, 0.2) is 0 Å². The van der Waals surface area contributed by atoms with Crippen LogP contribution in [0.15, 0.2) is 30.9 Å². The number of nitrogens with zero attached hydrogens (tertiary/aromatic N) is 3. The molecular weight excluding hydrogens is 231 g/mol. The largest absolute Gasteiger partial charge is 0.310 e. The lowest BCUT2D eigenvalue weighted by Gasteiger charge is -2.17. The molecule has 96 valence electrons. The molecule has 2 heterocycles. The summed E-state index contributed by atoms with van der Waals surface area (Å²) in [5, 5.41) is 7.42. The van der Waals surface area contributed by atoms with Crippen LogP contribution in [0.2, 0.25) is 0 Å². The molecule has 0 bridgehead atoms. The maximum atomic E-state index is 13.7. The number of halogens is 1. The SMILES string of the molecule is CCNC(Cc1cnn(C)c1)c1ccncc1F. The zero-order chi connectivity index (χ0) is 13.0. The Kier molecular flexibility index (Phi) is 4.04. The van der Waals surface area contributed by atoms with E-state index in [4.69, 9.17) is 0 Å². The average molecular weight is 248 g/mol. The Morgan fingerprint density at radius 2 is 2.28 bits per heavy atom. The number of rotatable bonds is 5. The molecular formula is C13H17FN4. The average Bonchev–Trinajstić information content (AvgIpc) is 2.75. The van der Waals surface area contributed by atoms with E-state index in [2.05, 4.69) is 15.4 Å². The fraction of sp³-hybridized carbons (Fsp3) is 0.385. The smallest absolute Gasteiger partial charge is 0.146 e. The van der Waals surface area contributed by atoms with Crippen molar-refractivity contribution in [3.05, 3.63) is 47.8 Å². The van der Waals surface area contributed by atoms with E-state index in [1.807, 2.05) is 26.4 Å². The monoisotopic (exact) mass is 248 g/mol. The minimum atomic E-state index is -0.271. The first-order chi connectivity index (χ1) is 8.70. The quantitative estimate of drug-likeness (QED) is 0.878. The molecule has 0 aliphatic rings. The zero-order valence-corrected chi connectivity index (χ0v) is 10.6. The van der Waals surface area contributed by atoms with Crippen LogP contribution >= 0.6 is 0 Å². The van der Waals surface area contributed by atoms with Gasteiger partial charge in [-0.1, -0.05) is 6.92 Å². The van der Waals surface area contributed by atoms with Crippen LogP contribution in [0.5, 0.6) is 0 Å². The zero-order valence-electron chi connectivity index (χ0n) is 10.6. The summed E-state index contributed by atoms with van der Waals surface area (Å²) in [5.41, 5.74) is 1.73. The van der Waals surface area contributed by atoms with Crippen molar-refractivity contribution in [2.75, 3.05) is 6.54 Å². The van der Waals surface area contributed by atoms with E-state index >= 15 is 0 Å². The Hall–Kier alpha value is -1.75. The van der Waals surface area contributed by atoms with Crippen LogP contribution in [0, 0.1) is 5.82 Å². The third-order valence-electron chi connectivity index (χ3n) is 2.83. The second kappa shape index (κ2) is 5.73. The standard InChI is InChI=1S/C13H17FN4/c1-3-16-13(6-10-7-17-18(2)9-10)11-4-5-15-8-12(11)14/h4-5,7-9,13,16H,3,6H2,1-2H3. The molecule has 4 nitrogen and oxygen atoms in total. The van der Waals surface area contributed by atoms with E-state index in [1.54, 1.807) is 16.9 Å². The van der Waals surface area contributed by atoms with Crippen LogP contribution in [0.25, 0.3) is 0 Å². The molecule has 1 N–H and O–H groups in total. The van der Waals surface area contributed by atoms with Crippen LogP contribution in [-0.2, 0) is 13.5 Å². The fourth-order valence-corrected chi connectivity index (χ4v) is 2.02. The highest BCUT2D eigenvalue weighted by Crippen LogP contribution is 2.20. The van der Waals surface area contributed by atoms with Crippen molar-refractivity contribution in [2.45, 2.75) is 19.4 Å². The van der Waals surface area contributed by atoms with Crippen LogP contribution in [0.4, 0.5) is 4.39 Å². The first-order valence-electron chi connectivity index (χ1n) is 6.01. The van der Waals surface area contributed by atoms with Crippen molar-refractivity contribution in [3.8, 4) is 0 Å². The summed E-state index contributed by atoms with van der Waals surface area (Å²) in [4.78, 5) is 3.78. The second-order valence-electron chi connectivity index (χ2n) is 4.23. The normalized spacial score (nSPS) is 12.6. The van der Waals surface area contributed by atoms with E-state index in [1.165, 1.54) is 6.20 Å². The maximum Gasteiger partial charge on any atom is 0.146 e. The number of pyridine rings is 1. The summed E-state index contributed by atoms with van der Waals surface area (Å²) in [6, 6.07) is 1.67. The Morgan fingerprint density at radius 1 is 1.44 bits per heavy atom. The lowest BCUT2D eigenvalue weighted by molar-refractivity contribution is 0.507. The minimum Gasteiger partial charge on any atom is -0.310 e. The number of hydrogen-bond donors (Lipinski definition) is 1. The second-order valence-corrected chi connectivity index (χ2v) is 4.23. The maximum absolute atomic E-state index is 13.7. The minimum absolute atomic E-state index is 0.0535. The van der Waals surface area contributed by atoms with Crippen LogP contribution in [-0.4, -0.2) is 21.3 Å². The summed E-state index contributed by atoms with van der Waals surface area (Å²) in [5.74, 6) is -0.271. The molecule has 0 aliphatic carbocycles. The lowest BCUT2D eigenvalue weighted by Crippen LogP contribution is -2.23.